The van der Waals surface area contributed by atoms with E-state index in [1.165, 1.54) is 25.3 Å². The first-order chi connectivity index (χ1) is 10.9. The summed E-state index contributed by atoms with van der Waals surface area (Å²) in [4.78, 5) is 7.76. The van der Waals surface area contributed by atoms with Gasteiger partial charge in [0.25, 0.3) is 0 Å². The van der Waals surface area contributed by atoms with Crippen molar-refractivity contribution in [2.75, 3.05) is 13.2 Å². The molecule has 0 atom stereocenters. The third-order valence-corrected chi connectivity index (χ3v) is 3.64. The number of aliphatic imine (C=N–C) groups is 1. The summed E-state index contributed by atoms with van der Waals surface area (Å²) in [5.74, 6) is 0.507. The number of rotatable bonds is 5. The van der Waals surface area contributed by atoms with Gasteiger partial charge in [0.2, 0.25) is 5.88 Å². The van der Waals surface area contributed by atoms with Crippen molar-refractivity contribution in [3.8, 4) is 5.88 Å². The Kier molecular flexibility index (Phi) is 8.57. The molecule has 0 bridgehead atoms. The van der Waals surface area contributed by atoms with Crippen LogP contribution in [0.5, 0.6) is 5.88 Å². The van der Waals surface area contributed by atoms with Crippen LogP contribution in [0.2, 0.25) is 0 Å². The first-order valence-electron chi connectivity index (χ1n) is 7.67. The minimum absolute atomic E-state index is 0. The van der Waals surface area contributed by atoms with Gasteiger partial charge in [0.15, 0.2) is 5.96 Å². The molecule has 0 saturated heterocycles. The SMILES string of the molecule is I.NC(=NCCOc1ccc(C(F)(F)F)cn1)NC1CCCCC1. The van der Waals surface area contributed by atoms with Crippen LogP contribution in [0.3, 0.4) is 0 Å². The van der Waals surface area contributed by atoms with E-state index in [1.807, 2.05) is 0 Å². The van der Waals surface area contributed by atoms with Crippen molar-refractivity contribution in [2.45, 2.75) is 44.3 Å². The Morgan fingerprint density at radius 3 is 2.58 bits per heavy atom. The summed E-state index contributed by atoms with van der Waals surface area (Å²) < 4.78 is 42.4. The van der Waals surface area contributed by atoms with Gasteiger partial charge in [-0.05, 0) is 18.9 Å². The number of hydrogen-bond acceptors (Lipinski definition) is 3. The number of halogens is 4. The molecule has 1 aliphatic rings. The maximum Gasteiger partial charge on any atom is 0.417 e. The average Bonchev–Trinajstić information content (AvgIpc) is 2.52. The Balaban J connectivity index is 0.00000288. The van der Waals surface area contributed by atoms with Crippen molar-refractivity contribution in [1.82, 2.24) is 10.3 Å². The number of ether oxygens (including phenoxy) is 1. The lowest BCUT2D eigenvalue weighted by Gasteiger charge is -2.23. The van der Waals surface area contributed by atoms with Crippen molar-refractivity contribution in [3.05, 3.63) is 23.9 Å². The van der Waals surface area contributed by atoms with Crippen molar-refractivity contribution in [1.29, 1.82) is 0 Å². The van der Waals surface area contributed by atoms with Crippen molar-refractivity contribution < 1.29 is 17.9 Å². The van der Waals surface area contributed by atoms with E-state index in [2.05, 4.69) is 15.3 Å². The number of aromatic nitrogens is 1. The van der Waals surface area contributed by atoms with E-state index in [1.54, 1.807) is 0 Å². The summed E-state index contributed by atoms with van der Waals surface area (Å²) in [5, 5.41) is 3.17. The Labute approximate surface area is 156 Å². The zero-order valence-electron chi connectivity index (χ0n) is 13.2. The molecule has 5 nitrogen and oxygen atoms in total. The topological polar surface area (TPSA) is 72.5 Å². The molecule has 1 aromatic rings. The largest absolute Gasteiger partial charge is 0.476 e. The fraction of sp³-hybridized carbons (Fsp3) is 0.600. The molecule has 1 fully saturated rings. The lowest BCUT2D eigenvalue weighted by molar-refractivity contribution is -0.137. The molecule has 1 saturated carbocycles. The number of hydrogen-bond donors (Lipinski definition) is 2. The van der Waals surface area contributed by atoms with Crippen LogP contribution in [0.1, 0.15) is 37.7 Å². The highest BCUT2D eigenvalue weighted by molar-refractivity contribution is 14.0. The Bertz CT molecular complexity index is 516. The van der Waals surface area contributed by atoms with E-state index in [4.69, 9.17) is 10.5 Å². The summed E-state index contributed by atoms with van der Waals surface area (Å²) >= 11 is 0. The fourth-order valence-corrected chi connectivity index (χ4v) is 2.45. The van der Waals surface area contributed by atoms with Crippen LogP contribution in [0.4, 0.5) is 13.2 Å². The molecule has 0 aromatic carbocycles. The standard InChI is InChI=1S/C15H21F3N4O.HI/c16-15(17,18)11-6-7-13(21-10-11)23-9-8-20-14(19)22-12-4-2-1-3-5-12;/h6-7,10,12H,1-5,8-9H2,(H3,19,20,22);1H. The zero-order valence-corrected chi connectivity index (χ0v) is 15.5. The molecule has 136 valence electrons. The highest BCUT2D eigenvalue weighted by atomic mass is 127. The molecular formula is C15H22F3IN4O. The van der Waals surface area contributed by atoms with Gasteiger partial charge in [-0.15, -0.1) is 24.0 Å². The summed E-state index contributed by atoms with van der Waals surface area (Å²) in [7, 11) is 0. The summed E-state index contributed by atoms with van der Waals surface area (Å²) in [5.41, 5.74) is 4.99. The Morgan fingerprint density at radius 2 is 2.00 bits per heavy atom. The normalized spacial score (nSPS) is 16.4. The minimum atomic E-state index is -4.39. The first kappa shape index (κ1) is 20.8. The van der Waals surface area contributed by atoms with Gasteiger partial charge in [0.1, 0.15) is 6.61 Å². The van der Waals surface area contributed by atoms with E-state index < -0.39 is 11.7 Å². The number of pyridine rings is 1. The molecule has 1 heterocycles. The molecule has 0 spiro atoms. The highest BCUT2D eigenvalue weighted by Gasteiger charge is 2.30. The van der Waals surface area contributed by atoms with E-state index in [9.17, 15) is 13.2 Å². The average molecular weight is 458 g/mol. The van der Waals surface area contributed by atoms with Crippen LogP contribution in [-0.4, -0.2) is 30.1 Å². The number of nitrogens with one attached hydrogen (secondary N) is 1. The van der Waals surface area contributed by atoms with Crippen molar-refractivity contribution >= 4 is 29.9 Å². The summed E-state index contributed by atoms with van der Waals surface area (Å²) in [6.07, 6.45) is 2.22. The van der Waals surface area contributed by atoms with Gasteiger partial charge in [-0.2, -0.15) is 13.2 Å². The van der Waals surface area contributed by atoms with Crippen LogP contribution in [0.15, 0.2) is 23.3 Å². The number of guanidine groups is 1. The van der Waals surface area contributed by atoms with Crippen LogP contribution in [0, 0.1) is 0 Å². The minimum Gasteiger partial charge on any atom is -0.476 e. The molecule has 3 N–H and O–H groups in total. The van der Waals surface area contributed by atoms with Gasteiger partial charge in [0.05, 0.1) is 12.1 Å². The van der Waals surface area contributed by atoms with Gasteiger partial charge < -0.3 is 15.8 Å². The molecule has 1 aliphatic carbocycles. The lowest BCUT2D eigenvalue weighted by Crippen LogP contribution is -2.41. The van der Waals surface area contributed by atoms with Crippen LogP contribution >= 0.6 is 24.0 Å². The number of nitrogens with zero attached hydrogens (tertiary/aromatic N) is 2. The van der Waals surface area contributed by atoms with Gasteiger partial charge in [-0.3, -0.25) is 0 Å². The van der Waals surface area contributed by atoms with Crippen LogP contribution < -0.4 is 15.8 Å². The summed E-state index contributed by atoms with van der Waals surface area (Å²) in [6, 6.07) is 2.51. The lowest BCUT2D eigenvalue weighted by atomic mass is 9.96. The van der Waals surface area contributed by atoms with E-state index in [0.717, 1.165) is 25.1 Å². The van der Waals surface area contributed by atoms with Crippen LogP contribution in [0.25, 0.3) is 0 Å². The summed E-state index contributed by atoms with van der Waals surface area (Å²) in [6.45, 7) is 0.514. The number of nitrogens with two attached hydrogens (primary N) is 1. The van der Waals surface area contributed by atoms with Gasteiger partial charge >= 0.3 is 6.18 Å². The highest BCUT2D eigenvalue weighted by Crippen LogP contribution is 2.29. The van der Waals surface area contributed by atoms with E-state index >= 15 is 0 Å². The van der Waals surface area contributed by atoms with Crippen molar-refractivity contribution in [2.24, 2.45) is 10.7 Å². The molecule has 0 amide bonds. The first-order valence-corrected chi connectivity index (χ1v) is 7.67. The predicted octanol–water partition coefficient (Wildman–Crippen LogP) is 3.33. The Morgan fingerprint density at radius 1 is 1.29 bits per heavy atom. The molecule has 2 rings (SSSR count). The molecule has 0 radical (unpaired) electrons. The second kappa shape index (κ2) is 9.90. The number of alkyl halides is 3. The molecule has 0 aliphatic heterocycles. The third kappa shape index (κ3) is 7.10. The second-order valence-electron chi connectivity index (χ2n) is 5.48. The monoisotopic (exact) mass is 458 g/mol. The maximum absolute atomic E-state index is 12.4. The molecular weight excluding hydrogens is 436 g/mol. The van der Waals surface area contributed by atoms with Gasteiger partial charge in [0, 0.05) is 18.3 Å². The predicted molar refractivity (Wildman–Crippen MR) is 96.6 cm³/mol. The van der Waals surface area contributed by atoms with Crippen LogP contribution in [-0.2, 0) is 6.18 Å². The smallest absolute Gasteiger partial charge is 0.417 e. The van der Waals surface area contributed by atoms with E-state index in [0.29, 0.717) is 18.5 Å². The van der Waals surface area contributed by atoms with E-state index in [-0.39, 0.29) is 36.5 Å². The molecule has 0 unspecified atom stereocenters. The van der Waals surface area contributed by atoms with Gasteiger partial charge in [-0.1, -0.05) is 19.3 Å². The second-order valence-corrected chi connectivity index (χ2v) is 5.48. The van der Waals surface area contributed by atoms with Crippen molar-refractivity contribution in [3.63, 3.8) is 0 Å². The Hall–Kier alpha value is -1.26. The third-order valence-electron chi connectivity index (χ3n) is 3.64. The molecule has 1 aromatic heterocycles. The molecule has 24 heavy (non-hydrogen) atoms. The maximum atomic E-state index is 12.4. The quantitative estimate of drug-likeness (QED) is 0.308. The zero-order chi connectivity index (χ0) is 16.7. The fourth-order valence-electron chi connectivity index (χ4n) is 2.45. The molecule has 9 heteroatoms. The van der Waals surface area contributed by atoms with Gasteiger partial charge in [-0.25, -0.2) is 9.98 Å².